The van der Waals surface area contributed by atoms with E-state index in [-0.39, 0.29) is 24.7 Å². The first-order valence-electron chi connectivity index (χ1n) is 8.60. The summed E-state index contributed by atoms with van der Waals surface area (Å²) in [6.07, 6.45) is 6.12. The predicted molar refractivity (Wildman–Crippen MR) is 83.7 cm³/mol. The number of aliphatic hydroxyl groups excluding tert-OH is 1. The number of hydrogen-bond acceptors (Lipinski definition) is 5. The van der Waals surface area contributed by atoms with E-state index in [1.807, 2.05) is 0 Å². The second-order valence-electron chi connectivity index (χ2n) is 6.24. The molecule has 6 nitrogen and oxygen atoms in total. The lowest BCUT2D eigenvalue weighted by molar-refractivity contribution is -0.124. The van der Waals surface area contributed by atoms with Crippen LogP contribution in [0.25, 0.3) is 0 Å². The van der Waals surface area contributed by atoms with Crippen LogP contribution in [0.1, 0.15) is 38.5 Å². The van der Waals surface area contributed by atoms with Gasteiger partial charge in [-0.2, -0.15) is 0 Å². The number of carbonyl (C=O) groups excluding carboxylic acids is 1. The number of ether oxygens (including phenoxy) is 2. The first kappa shape index (κ1) is 17.7. The Labute approximate surface area is 133 Å². The smallest absolute Gasteiger partial charge is 0.222 e. The Morgan fingerprint density at radius 1 is 1.27 bits per heavy atom. The van der Waals surface area contributed by atoms with Gasteiger partial charge in [0.1, 0.15) is 0 Å². The fraction of sp³-hybridized carbons (Fsp3) is 0.938. The van der Waals surface area contributed by atoms with Crippen LogP contribution >= 0.6 is 0 Å². The molecule has 2 aliphatic heterocycles. The Morgan fingerprint density at radius 2 is 2.00 bits per heavy atom. The Hall–Kier alpha value is -0.690. The SMILES string of the molecule is O=C(CCOC1CCOCC1)N[C@H](CO)CN1CCCCC1. The molecular weight excluding hydrogens is 284 g/mol. The van der Waals surface area contributed by atoms with Crippen molar-refractivity contribution in [2.75, 3.05) is 46.1 Å². The van der Waals surface area contributed by atoms with E-state index in [4.69, 9.17) is 9.47 Å². The number of nitrogens with one attached hydrogen (secondary N) is 1. The first-order chi connectivity index (χ1) is 10.8. The summed E-state index contributed by atoms with van der Waals surface area (Å²) in [6.45, 7) is 4.81. The second-order valence-corrected chi connectivity index (χ2v) is 6.24. The van der Waals surface area contributed by atoms with Crippen molar-refractivity contribution >= 4 is 5.91 Å². The van der Waals surface area contributed by atoms with E-state index in [9.17, 15) is 9.90 Å². The van der Waals surface area contributed by atoms with Gasteiger partial charge < -0.3 is 24.8 Å². The highest BCUT2D eigenvalue weighted by molar-refractivity contribution is 5.76. The highest BCUT2D eigenvalue weighted by Crippen LogP contribution is 2.11. The van der Waals surface area contributed by atoms with Crippen molar-refractivity contribution in [2.45, 2.75) is 50.7 Å². The lowest BCUT2D eigenvalue weighted by atomic mass is 10.1. The number of aliphatic hydroxyl groups is 1. The summed E-state index contributed by atoms with van der Waals surface area (Å²) in [5, 5.41) is 12.4. The van der Waals surface area contributed by atoms with Gasteiger partial charge in [-0.25, -0.2) is 0 Å². The fourth-order valence-electron chi connectivity index (χ4n) is 3.06. The van der Waals surface area contributed by atoms with Crippen molar-refractivity contribution < 1.29 is 19.4 Å². The van der Waals surface area contributed by atoms with Crippen LogP contribution in [0.15, 0.2) is 0 Å². The molecule has 1 atom stereocenters. The lowest BCUT2D eigenvalue weighted by Crippen LogP contribution is -2.47. The van der Waals surface area contributed by atoms with Crippen LogP contribution in [0, 0.1) is 0 Å². The summed E-state index contributed by atoms with van der Waals surface area (Å²) in [5.74, 6) is -0.0388. The molecule has 0 aliphatic carbocycles. The molecule has 2 heterocycles. The quantitative estimate of drug-likeness (QED) is 0.684. The molecule has 2 aliphatic rings. The molecule has 0 spiro atoms. The van der Waals surface area contributed by atoms with E-state index in [1.165, 1.54) is 19.3 Å². The molecule has 2 fully saturated rings. The van der Waals surface area contributed by atoms with Gasteiger partial charge in [-0.3, -0.25) is 4.79 Å². The molecule has 1 amide bonds. The average Bonchev–Trinajstić information content (AvgIpc) is 2.56. The largest absolute Gasteiger partial charge is 0.394 e. The number of piperidine rings is 1. The van der Waals surface area contributed by atoms with Crippen molar-refractivity contribution in [2.24, 2.45) is 0 Å². The number of likely N-dealkylation sites (tertiary alicyclic amines) is 1. The molecule has 0 aromatic heterocycles. The summed E-state index contributed by atoms with van der Waals surface area (Å²) < 4.78 is 11.0. The molecule has 2 rings (SSSR count). The number of rotatable bonds is 8. The normalized spacial score (nSPS) is 22.4. The van der Waals surface area contributed by atoms with Crippen LogP contribution in [0.2, 0.25) is 0 Å². The molecule has 0 unspecified atom stereocenters. The molecule has 0 radical (unpaired) electrons. The molecule has 0 aromatic rings. The topological polar surface area (TPSA) is 71.0 Å². The molecule has 22 heavy (non-hydrogen) atoms. The zero-order chi connectivity index (χ0) is 15.6. The Bertz CT molecular complexity index is 315. The molecule has 0 aromatic carbocycles. The Kier molecular flexibility index (Phi) is 8.15. The summed E-state index contributed by atoms with van der Waals surface area (Å²) in [6, 6.07) is -0.173. The minimum atomic E-state index is -0.173. The molecule has 128 valence electrons. The zero-order valence-corrected chi connectivity index (χ0v) is 13.5. The van der Waals surface area contributed by atoms with Gasteiger partial charge in [0, 0.05) is 26.2 Å². The Morgan fingerprint density at radius 3 is 2.68 bits per heavy atom. The minimum Gasteiger partial charge on any atom is -0.394 e. The molecule has 0 bridgehead atoms. The van der Waals surface area contributed by atoms with Gasteiger partial charge >= 0.3 is 0 Å². The molecular formula is C16H30N2O4. The maximum absolute atomic E-state index is 12.0. The van der Waals surface area contributed by atoms with Crippen LogP contribution in [-0.4, -0.2) is 74.1 Å². The van der Waals surface area contributed by atoms with E-state index in [0.29, 0.717) is 13.0 Å². The molecule has 6 heteroatoms. The fourth-order valence-corrected chi connectivity index (χ4v) is 3.06. The van der Waals surface area contributed by atoms with E-state index < -0.39 is 0 Å². The van der Waals surface area contributed by atoms with Crippen LogP contribution in [0.4, 0.5) is 0 Å². The summed E-state index contributed by atoms with van der Waals surface area (Å²) in [5.41, 5.74) is 0. The van der Waals surface area contributed by atoms with Crippen molar-refractivity contribution in [3.8, 4) is 0 Å². The van der Waals surface area contributed by atoms with Gasteiger partial charge in [-0.1, -0.05) is 6.42 Å². The number of hydrogen-bond donors (Lipinski definition) is 2. The third kappa shape index (κ3) is 6.60. The van der Waals surface area contributed by atoms with Gasteiger partial charge in [0.25, 0.3) is 0 Å². The van der Waals surface area contributed by atoms with Gasteiger partial charge in [0.05, 0.1) is 25.4 Å². The van der Waals surface area contributed by atoms with E-state index >= 15 is 0 Å². The number of amides is 1. The maximum atomic E-state index is 12.0. The monoisotopic (exact) mass is 314 g/mol. The van der Waals surface area contributed by atoms with Crippen molar-refractivity contribution in [3.63, 3.8) is 0 Å². The van der Waals surface area contributed by atoms with Crippen LogP contribution in [0.5, 0.6) is 0 Å². The van der Waals surface area contributed by atoms with Crippen LogP contribution in [-0.2, 0) is 14.3 Å². The van der Waals surface area contributed by atoms with Crippen LogP contribution in [0.3, 0.4) is 0 Å². The standard InChI is InChI=1S/C16H30N2O4/c19-13-14(12-18-7-2-1-3-8-18)17-16(20)6-11-22-15-4-9-21-10-5-15/h14-15,19H,1-13H2,(H,17,20)/t14-/m0/s1. The Balaban J connectivity index is 1.59. The van der Waals surface area contributed by atoms with Gasteiger partial charge in [-0.05, 0) is 38.8 Å². The van der Waals surface area contributed by atoms with E-state index in [1.54, 1.807) is 0 Å². The van der Waals surface area contributed by atoms with Gasteiger partial charge in [-0.15, -0.1) is 0 Å². The minimum absolute atomic E-state index is 0.0109. The molecule has 2 N–H and O–H groups in total. The maximum Gasteiger partial charge on any atom is 0.222 e. The summed E-state index contributed by atoms with van der Waals surface area (Å²) in [4.78, 5) is 14.3. The van der Waals surface area contributed by atoms with Crippen molar-refractivity contribution in [1.29, 1.82) is 0 Å². The first-order valence-corrected chi connectivity index (χ1v) is 8.60. The molecule has 0 saturated carbocycles. The summed E-state index contributed by atoms with van der Waals surface area (Å²) in [7, 11) is 0. The zero-order valence-electron chi connectivity index (χ0n) is 13.5. The highest BCUT2D eigenvalue weighted by atomic mass is 16.5. The second kappa shape index (κ2) is 10.2. The number of nitrogens with zero attached hydrogens (tertiary/aromatic N) is 1. The van der Waals surface area contributed by atoms with Gasteiger partial charge in [0.2, 0.25) is 5.91 Å². The molecule has 2 saturated heterocycles. The highest BCUT2D eigenvalue weighted by Gasteiger charge is 2.18. The van der Waals surface area contributed by atoms with Gasteiger partial charge in [0.15, 0.2) is 0 Å². The van der Waals surface area contributed by atoms with Crippen molar-refractivity contribution in [1.82, 2.24) is 10.2 Å². The lowest BCUT2D eigenvalue weighted by Gasteiger charge is -2.30. The average molecular weight is 314 g/mol. The predicted octanol–water partition coefficient (Wildman–Crippen LogP) is 0.535. The third-order valence-electron chi connectivity index (χ3n) is 4.36. The summed E-state index contributed by atoms with van der Waals surface area (Å²) >= 11 is 0. The third-order valence-corrected chi connectivity index (χ3v) is 4.36. The van der Waals surface area contributed by atoms with Crippen LogP contribution < -0.4 is 5.32 Å². The van der Waals surface area contributed by atoms with E-state index in [0.717, 1.165) is 45.7 Å². The van der Waals surface area contributed by atoms with Crippen molar-refractivity contribution in [3.05, 3.63) is 0 Å². The number of carbonyl (C=O) groups is 1. The van der Waals surface area contributed by atoms with E-state index in [2.05, 4.69) is 10.2 Å².